The van der Waals surface area contributed by atoms with Crippen LogP contribution in [0, 0.1) is 0 Å². The van der Waals surface area contributed by atoms with Gasteiger partial charge >= 0.3 is 0 Å². The van der Waals surface area contributed by atoms with Crippen molar-refractivity contribution in [1.29, 1.82) is 0 Å². The van der Waals surface area contributed by atoms with Crippen LogP contribution in [0.5, 0.6) is 0 Å². The molecule has 1 N–H and O–H groups in total. The van der Waals surface area contributed by atoms with E-state index in [1.54, 1.807) is 0 Å². The number of fused-ring (bicyclic) bond motifs is 1. The summed E-state index contributed by atoms with van der Waals surface area (Å²) in [6.45, 7) is 7.70. The minimum absolute atomic E-state index is 0.175. The molecule has 1 aromatic carbocycles. The van der Waals surface area contributed by atoms with E-state index in [0.717, 1.165) is 6.54 Å². The molecule has 2 nitrogen and oxygen atoms in total. The quantitative estimate of drug-likeness (QED) is 0.836. The number of hydrogen-bond donors (Lipinski definition) is 1. The highest BCUT2D eigenvalue weighted by molar-refractivity contribution is 5.84. The lowest BCUT2D eigenvalue weighted by molar-refractivity contribution is 0.404. The van der Waals surface area contributed by atoms with Crippen molar-refractivity contribution >= 4 is 10.9 Å². The van der Waals surface area contributed by atoms with Gasteiger partial charge in [-0.3, -0.25) is 0 Å². The van der Waals surface area contributed by atoms with Crippen molar-refractivity contribution in [2.24, 2.45) is 0 Å². The Bertz CT molecular complexity index is 515. The number of rotatable bonds is 2. The second-order valence-corrected chi connectivity index (χ2v) is 6.05. The zero-order valence-electron chi connectivity index (χ0n) is 11.5. The minimum atomic E-state index is 0.175. The van der Waals surface area contributed by atoms with Crippen LogP contribution in [0.25, 0.3) is 10.9 Å². The molecule has 0 atom stereocenters. The molecule has 0 aliphatic rings. The molecular formula is C15H22N2. The Kier molecular flexibility index (Phi) is 3.00. The normalized spacial score (nSPS) is 12.6. The fourth-order valence-electron chi connectivity index (χ4n) is 2.10. The molecule has 0 unspecified atom stereocenters. The third kappa shape index (κ3) is 2.52. The molecule has 17 heavy (non-hydrogen) atoms. The fraction of sp³-hybridized carbons (Fsp3) is 0.467. The van der Waals surface area contributed by atoms with Crippen molar-refractivity contribution in [3.8, 4) is 0 Å². The third-order valence-corrected chi connectivity index (χ3v) is 3.05. The van der Waals surface area contributed by atoms with Crippen LogP contribution in [0.4, 0.5) is 0 Å². The first-order valence-electron chi connectivity index (χ1n) is 6.14. The summed E-state index contributed by atoms with van der Waals surface area (Å²) >= 11 is 0. The monoisotopic (exact) mass is 230 g/mol. The first kappa shape index (κ1) is 12.2. The van der Waals surface area contributed by atoms with Gasteiger partial charge in [0.05, 0.1) is 0 Å². The van der Waals surface area contributed by atoms with Crippen molar-refractivity contribution in [3.63, 3.8) is 0 Å². The molecule has 0 fully saturated rings. The van der Waals surface area contributed by atoms with Gasteiger partial charge in [0.1, 0.15) is 0 Å². The minimum Gasteiger partial charge on any atom is -0.358 e. The SMILES string of the molecule is CN(C)Cc1cccc2[nH]c(C(C)(C)C)cc12. The van der Waals surface area contributed by atoms with E-state index in [-0.39, 0.29) is 5.41 Å². The zero-order valence-corrected chi connectivity index (χ0v) is 11.5. The Hall–Kier alpha value is -1.28. The summed E-state index contributed by atoms with van der Waals surface area (Å²) in [5, 5.41) is 1.35. The average Bonchev–Trinajstić information content (AvgIpc) is 2.60. The van der Waals surface area contributed by atoms with Gasteiger partial charge in [0.15, 0.2) is 0 Å². The maximum Gasteiger partial charge on any atom is 0.0459 e. The zero-order chi connectivity index (χ0) is 12.6. The second kappa shape index (κ2) is 4.19. The van der Waals surface area contributed by atoms with Gasteiger partial charge in [-0.25, -0.2) is 0 Å². The molecule has 0 spiro atoms. The van der Waals surface area contributed by atoms with Gasteiger partial charge in [0.2, 0.25) is 0 Å². The van der Waals surface area contributed by atoms with Crippen molar-refractivity contribution in [2.45, 2.75) is 32.7 Å². The Morgan fingerprint density at radius 1 is 1.18 bits per heavy atom. The predicted molar refractivity (Wildman–Crippen MR) is 74.4 cm³/mol. The van der Waals surface area contributed by atoms with Crippen LogP contribution in [0.3, 0.4) is 0 Å². The van der Waals surface area contributed by atoms with Gasteiger partial charge in [0, 0.05) is 28.6 Å². The molecule has 1 heterocycles. The molecule has 2 aromatic rings. The maximum atomic E-state index is 3.53. The lowest BCUT2D eigenvalue weighted by Gasteiger charge is -2.15. The second-order valence-electron chi connectivity index (χ2n) is 6.05. The molecule has 0 saturated carbocycles. The van der Waals surface area contributed by atoms with E-state index in [1.165, 1.54) is 22.2 Å². The van der Waals surface area contributed by atoms with E-state index < -0.39 is 0 Å². The molecule has 0 radical (unpaired) electrons. The third-order valence-electron chi connectivity index (χ3n) is 3.05. The first-order valence-corrected chi connectivity index (χ1v) is 6.14. The molecule has 2 rings (SSSR count). The summed E-state index contributed by atoms with van der Waals surface area (Å²) in [6, 6.07) is 8.80. The molecule has 0 aliphatic carbocycles. The van der Waals surface area contributed by atoms with E-state index >= 15 is 0 Å². The Morgan fingerprint density at radius 3 is 2.47 bits per heavy atom. The molecule has 92 valence electrons. The first-order chi connectivity index (χ1) is 7.88. The summed E-state index contributed by atoms with van der Waals surface area (Å²) in [6.07, 6.45) is 0. The average molecular weight is 230 g/mol. The summed E-state index contributed by atoms with van der Waals surface area (Å²) in [5.74, 6) is 0. The lowest BCUT2D eigenvalue weighted by Crippen LogP contribution is -2.11. The van der Waals surface area contributed by atoms with E-state index in [2.05, 4.69) is 69.0 Å². The van der Waals surface area contributed by atoms with Gasteiger partial charge in [-0.05, 0) is 31.8 Å². The largest absolute Gasteiger partial charge is 0.358 e. The number of nitrogens with zero attached hydrogens (tertiary/aromatic N) is 1. The molecule has 0 saturated heterocycles. The summed E-state index contributed by atoms with van der Waals surface area (Å²) in [4.78, 5) is 5.74. The van der Waals surface area contributed by atoms with Crippen molar-refractivity contribution < 1.29 is 0 Å². The van der Waals surface area contributed by atoms with Crippen LogP contribution in [0.15, 0.2) is 24.3 Å². The van der Waals surface area contributed by atoms with Crippen LogP contribution in [-0.2, 0) is 12.0 Å². The summed E-state index contributed by atoms with van der Waals surface area (Å²) < 4.78 is 0. The van der Waals surface area contributed by atoms with Crippen LogP contribution < -0.4 is 0 Å². The highest BCUT2D eigenvalue weighted by atomic mass is 15.0. The van der Waals surface area contributed by atoms with Crippen LogP contribution in [-0.4, -0.2) is 24.0 Å². The smallest absolute Gasteiger partial charge is 0.0459 e. The molecule has 0 bridgehead atoms. The topological polar surface area (TPSA) is 19.0 Å². The van der Waals surface area contributed by atoms with Gasteiger partial charge in [-0.1, -0.05) is 32.9 Å². The molecule has 0 amide bonds. The lowest BCUT2D eigenvalue weighted by atomic mass is 9.92. The number of aromatic nitrogens is 1. The summed E-state index contributed by atoms with van der Waals surface area (Å²) in [5.41, 5.74) is 4.11. The Labute approximate surface area is 104 Å². The summed E-state index contributed by atoms with van der Waals surface area (Å²) in [7, 11) is 4.21. The fourth-order valence-corrected chi connectivity index (χ4v) is 2.10. The van der Waals surface area contributed by atoms with Crippen molar-refractivity contribution in [3.05, 3.63) is 35.5 Å². The van der Waals surface area contributed by atoms with E-state index in [1.807, 2.05) is 0 Å². The number of nitrogens with one attached hydrogen (secondary N) is 1. The van der Waals surface area contributed by atoms with Gasteiger partial charge in [-0.2, -0.15) is 0 Å². The van der Waals surface area contributed by atoms with Crippen LogP contribution >= 0.6 is 0 Å². The molecule has 0 aliphatic heterocycles. The molecular weight excluding hydrogens is 208 g/mol. The van der Waals surface area contributed by atoms with Crippen LogP contribution in [0.1, 0.15) is 32.0 Å². The Morgan fingerprint density at radius 2 is 1.88 bits per heavy atom. The van der Waals surface area contributed by atoms with Crippen LogP contribution in [0.2, 0.25) is 0 Å². The van der Waals surface area contributed by atoms with Crippen molar-refractivity contribution in [2.75, 3.05) is 14.1 Å². The highest BCUT2D eigenvalue weighted by Crippen LogP contribution is 2.28. The van der Waals surface area contributed by atoms with E-state index in [9.17, 15) is 0 Å². The Balaban J connectivity index is 2.53. The van der Waals surface area contributed by atoms with E-state index in [0.29, 0.717) is 0 Å². The standard InChI is InChI=1S/C15H22N2/c1-15(2,3)14-9-12-11(10-17(4)5)7-6-8-13(12)16-14/h6-9,16H,10H2,1-5H3. The van der Waals surface area contributed by atoms with Gasteiger partial charge in [0.25, 0.3) is 0 Å². The number of H-pyrrole nitrogens is 1. The number of hydrogen-bond acceptors (Lipinski definition) is 1. The maximum absolute atomic E-state index is 3.53. The number of benzene rings is 1. The predicted octanol–water partition coefficient (Wildman–Crippen LogP) is 3.53. The molecule has 1 aromatic heterocycles. The van der Waals surface area contributed by atoms with E-state index in [4.69, 9.17) is 0 Å². The molecule has 2 heteroatoms. The van der Waals surface area contributed by atoms with Gasteiger partial charge < -0.3 is 9.88 Å². The highest BCUT2D eigenvalue weighted by Gasteiger charge is 2.17. The van der Waals surface area contributed by atoms with Gasteiger partial charge in [-0.15, -0.1) is 0 Å². The number of aromatic amines is 1. The van der Waals surface area contributed by atoms with Crippen molar-refractivity contribution in [1.82, 2.24) is 9.88 Å².